The number of halogens is 5. The Morgan fingerprint density at radius 2 is 1.92 bits per heavy atom. The average molecular weight is 547 g/mol. The number of carbonyl (C=O) groups excluding carboxylic acids is 4. The first-order valence-electron chi connectivity index (χ1n) is 12.0. The number of carbonyl (C=O) groups is 4. The largest absolute Gasteiger partial charge is 0.522 e. The van der Waals surface area contributed by atoms with E-state index in [0.29, 0.717) is 31.9 Å². The number of Topliss-reactive ketones (excluding diaryl/α,β-unsaturated/α-hetero) is 1. The summed E-state index contributed by atoms with van der Waals surface area (Å²) < 4.78 is 68.1. The SMILES string of the molecule is O=C1NCC[C@H]1C[C@H](NC(=O)[C@@H]1CC2(CC2)CN1C(=O)C(O)c1ccc(F)c(F)c1)C(=O)COC(F)(F)F. The number of likely N-dealkylation sites (tertiary alicyclic amines) is 1. The van der Waals surface area contributed by atoms with Crippen molar-refractivity contribution in [1.82, 2.24) is 15.5 Å². The van der Waals surface area contributed by atoms with Gasteiger partial charge in [-0.05, 0) is 55.2 Å². The van der Waals surface area contributed by atoms with Gasteiger partial charge in [-0.2, -0.15) is 0 Å². The maximum absolute atomic E-state index is 13.7. The molecule has 208 valence electrons. The molecule has 3 aliphatic rings. The molecule has 38 heavy (non-hydrogen) atoms. The lowest BCUT2D eigenvalue weighted by molar-refractivity contribution is -0.321. The van der Waals surface area contributed by atoms with Crippen LogP contribution in [0.15, 0.2) is 18.2 Å². The summed E-state index contributed by atoms with van der Waals surface area (Å²) >= 11 is 0. The number of nitrogens with zero attached hydrogens (tertiary/aromatic N) is 1. The molecule has 1 unspecified atom stereocenters. The molecule has 3 N–H and O–H groups in total. The molecule has 4 atom stereocenters. The molecular weight excluding hydrogens is 521 g/mol. The van der Waals surface area contributed by atoms with E-state index in [-0.39, 0.29) is 24.9 Å². The Morgan fingerprint density at radius 1 is 1.21 bits per heavy atom. The molecule has 1 spiro atoms. The molecule has 9 nitrogen and oxygen atoms in total. The number of alkyl halides is 3. The number of rotatable bonds is 9. The molecule has 1 saturated carbocycles. The second-order valence-corrected chi connectivity index (χ2v) is 10.0. The van der Waals surface area contributed by atoms with E-state index in [0.717, 1.165) is 17.0 Å². The van der Waals surface area contributed by atoms with Gasteiger partial charge in [-0.3, -0.25) is 23.9 Å². The molecule has 2 aliphatic heterocycles. The van der Waals surface area contributed by atoms with Gasteiger partial charge in [-0.25, -0.2) is 8.78 Å². The van der Waals surface area contributed by atoms with Crippen LogP contribution in [0.4, 0.5) is 22.0 Å². The van der Waals surface area contributed by atoms with Crippen LogP contribution in [0.25, 0.3) is 0 Å². The lowest BCUT2D eigenvalue weighted by Gasteiger charge is -2.28. The smallest absolute Gasteiger partial charge is 0.378 e. The predicted octanol–water partition coefficient (Wildman–Crippen LogP) is 1.50. The standard InChI is InChI=1S/C24H26F5N3O6/c25-14-2-1-12(7-15(14)26)19(34)22(37)32-11-23(4-5-23)9-17(32)21(36)31-16(8-13-3-6-30-20(13)35)18(33)10-38-24(27,28)29/h1-2,7,13,16-17,19,34H,3-6,8-11H2,(H,30,35)(H,31,36)/t13-,16-,17-,19?/m0/s1. The maximum Gasteiger partial charge on any atom is 0.522 e. The summed E-state index contributed by atoms with van der Waals surface area (Å²) in [6, 6.07) is -0.238. The number of benzene rings is 1. The molecule has 2 saturated heterocycles. The fraction of sp³-hybridized carbons (Fsp3) is 0.583. The molecule has 1 aliphatic carbocycles. The average Bonchev–Trinajstić information content (AvgIpc) is 3.32. The minimum Gasteiger partial charge on any atom is -0.378 e. The summed E-state index contributed by atoms with van der Waals surface area (Å²) in [5.41, 5.74) is -0.621. The fourth-order valence-electron chi connectivity index (χ4n) is 4.99. The zero-order chi connectivity index (χ0) is 27.8. The molecule has 0 radical (unpaired) electrons. The van der Waals surface area contributed by atoms with Gasteiger partial charge in [0, 0.05) is 19.0 Å². The molecule has 1 aromatic rings. The van der Waals surface area contributed by atoms with E-state index in [2.05, 4.69) is 15.4 Å². The minimum atomic E-state index is -5.09. The summed E-state index contributed by atoms with van der Waals surface area (Å²) in [5, 5.41) is 15.5. The van der Waals surface area contributed by atoms with Crippen LogP contribution in [0.2, 0.25) is 0 Å². The summed E-state index contributed by atoms with van der Waals surface area (Å²) in [7, 11) is 0. The Hall–Kier alpha value is -3.13. The van der Waals surface area contributed by atoms with Crippen LogP contribution in [-0.4, -0.2) is 71.7 Å². The third-order valence-electron chi connectivity index (χ3n) is 7.31. The molecular formula is C24H26F5N3O6. The van der Waals surface area contributed by atoms with Gasteiger partial charge in [-0.15, -0.1) is 13.2 Å². The van der Waals surface area contributed by atoms with Gasteiger partial charge in [0.2, 0.25) is 11.8 Å². The quantitative estimate of drug-likeness (QED) is 0.403. The van der Waals surface area contributed by atoms with Gasteiger partial charge in [0.05, 0.1) is 6.04 Å². The Balaban J connectivity index is 1.51. The van der Waals surface area contributed by atoms with Crippen molar-refractivity contribution < 1.29 is 51.0 Å². The molecule has 3 amide bonds. The third kappa shape index (κ3) is 6.29. The van der Waals surface area contributed by atoms with E-state index < -0.39 is 77.6 Å². The topological polar surface area (TPSA) is 125 Å². The zero-order valence-corrected chi connectivity index (χ0v) is 20.0. The van der Waals surface area contributed by atoms with Crippen molar-refractivity contribution in [3.05, 3.63) is 35.4 Å². The number of hydrogen-bond acceptors (Lipinski definition) is 6. The number of hydrogen-bond donors (Lipinski definition) is 3. The number of ether oxygens (including phenoxy) is 1. The van der Waals surface area contributed by atoms with Gasteiger partial charge < -0.3 is 20.6 Å². The molecule has 14 heteroatoms. The van der Waals surface area contributed by atoms with Crippen molar-refractivity contribution in [1.29, 1.82) is 0 Å². The first kappa shape index (κ1) is 27.9. The monoisotopic (exact) mass is 547 g/mol. The van der Waals surface area contributed by atoms with Gasteiger partial charge in [0.15, 0.2) is 23.5 Å². The summed E-state index contributed by atoms with van der Waals surface area (Å²) in [4.78, 5) is 52.1. The van der Waals surface area contributed by atoms with Crippen molar-refractivity contribution in [3.8, 4) is 0 Å². The van der Waals surface area contributed by atoms with E-state index in [1.807, 2.05) is 0 Å². The van der Waals surface area contributed by atoms with Crippen molar-refractivity contribution >= 4 is 23.5 Å². The van der Waals surface area contributed by atoms with Crippen molar-refractivity contribution in [2.24, 2.45) is 11.3 Å². The number of aliphatic hydroxyl groups is 1. The fourth-order valence-corrected chi connectivity index (χ4v) is 4.99. The zero-order valence-electron chi connectivity index (χ0n) is 20.0. The highest BCUT2D eigenvalue weighted by Gasteiger charge is 2.56. The Kier molecular flexibility index (Phi) is 7.75. The lowest BCUT2D eigenvalue weighted by atomic mass is 9.95. The second-order valence-electron chi connectivity index (χ2n) is 10.0. The van der Waals surface area contributed by atoms with E-state index >= 15 is 0 Å². The van der Waals surface area contributed by atoms with Crippen molar-refractivity contribution in [2.75, 3.05) is 19.7 Å². The van der Waals surface area contributed by atoms with E-state index in [1.165, 1.54) is 0 Å². The highest BCUT2D eigenvalue weighted by atomic mass is 19.4. The van der Waals surface area contributed by atoms with Crippen LogP contribution >= 0.6 is 0 Å². The lowest BCUT2D eigenvalue weighted by Crippen LogP contribution is -2.53. The molecule has 3 fully saturated rings. The van der Waals surface area contributed by atoms with Crippen LogP contribution in [0.1, 0.15) is 43.8 Å². The third-order valence-corrected chi connectivity index (χ3v) is 7.31. The van der Waals surface area contributed by atoms with Crippen LogP contribution in [0.5, 0.6) is 0 Å². The highest BCUT2D eigenvalue weighted by molar-refractivity contribution is 5.95. The van der Waals surface area contributed by atoms with Crippen LogP contribution in [-0.2, 0) is 23.9 Å². The van der Waals surface area contributed by atoms with Gasteiger partial charge in [0.1, 0.15) is 12.6 Å². The predicted molar refractivity (Wildman–Crippen MR) is 118 cm³/mol. The second kappa shape index (κ2) is 10.6. The Morgan fingerprint density at radius 3 is 2.50 bits per heavy atom. The van der Waals surface area contributed by atoms with E-state index in [9.17, 15) is 46.2 Å². The first-order valence-corrected chi connectivity index (χ1v) is 12.0. The van der Waals surface area contributed by atoms with Gasteiger partial charge >= 0.3 is 6.36 Å². The van der Waals surface area contributed by atoms with Crippen molar-refractivity contribution in [3.63, 3.8) is 0 Å². The molecule has 4 rings (SSSR count). The molecule has 2 heterocycles. The van der Waals surface area contributed by atoms with Crippen LogP contribution < -0.4 is 10.6 Å². The molecule has 0 aromatic heterocycles. The van der Waals surface area contributed by atoms with Gasteiger partial charge in [0.25, 0.3) is 5.91 Å². The van der Waals surface area contributed by atoms with Crippen molar-refractivity contribution in [2.45, 2.75) is 56.7 Å². The minimum absolute atomic E-state index is 0.0888. The summed E-state index contributed by atoms with van der Waals surface area (Å²) in [5.74, 6) is -6.47. The molecule has 0 bridgehead atoms. The highest BCUT2D eigenvalue weighted by Crippen LogP contribution is 2.55. The van der Waals surface area contributed by atoms with Crippen LogP contribution in [0, 0.1) is 23.0 Å². The van der Waals surface area contributed by atoms with E-state index in [4.69, 9.17) is 0 Å². The summed E-state index contributed by atoms with van der Waals surface area (Å²) in [6.07, 6.45) is -5.39. The molecule has 1 aromatic carbocycles. The van der Waals surface area contributed by atoms with Crippen LogP contribution in [0.3, 0.4) is 0 Å². The Labute approximate surface area is 213 Å². The Bertz CT molecular complexity index is 1130. The summed E-state index contributed by atoms with van der Waals surface area (Å²) in [6.45, 7) is -0.979. The number of aliphatic hydroxyl groups excluding tert-OH is 1. The first-order chi connectivity index (χ1) is 17.8. The number of ketones is 1. The van der Waals surface area contributed by atoms with E-state index in [1.54, 1.807) is 0 Å². The normalized spacial score (nSPS) is 23.7. The number of nitrogens with one attached hydrogen (secondary N) is 2. The number of amides is 3. The maximum atomic E-state index is 13.7. The van der Waals surface area contributed by atoms with Gasteiger partial charge in [-0.1, -0.05) is 6.07 Å².